The van der Waals surface area contributed by atoms with E-state index in [1.54, 1.807) is 0 Å². The van der Waals surface area contributed by atoms with Crippen molar-refractivity contribution >= 4 is 22.3 Å². The van der Waals surface area contributed by atoms with Crippen molar-refractivity contribution in [2.45, 2.75) is 38.0 Å². The highest BCUT2D eigenvalue weighted by atomic mass is 32.1. The number of fused-ring (bicyclic) bond motifs is 1. The number of carboxylic acid groups (broad SMARTS) is 1. The fourth-order valence-electron chi connectivity index (χ4n) is 2.37. The zero-order chi connectivity index (χ0) is 13.9. The average Bonchev–Trinajstić information content (AvgIpc) is 2.99. The lowest BCUT2D eigenvalue weighted by atomic mass is 10.00. The highest BCUT2D eigenvalue weighted by Gasteiger charge is 2.23. The minimum atomic E-state index is -0.768. The molecule has 0 saturated carbocycles. The number of carboxylic acids is 1. The minimum absolute atomic E-state index is 0.174. The quantitative estimate of drug-likeness (QED) is 0.899. The molecule has 0 amide bonds. The normalized spacial score (nSPS) is 16.8. The number of nitrogens with zero attached hydrogens (tertiary/aromatic N) is 4. The summed E-state index contributed by atoms with van der Waals surface area (Å²) in [6, 6.07) is 0. The summed E-state index contributed by atoms with van der Waals surface area (Å²) in [5.41, 5.74) is 0. The number of aromatic nitrogens is 4. The molecule has 1 aliphatic heterocycles. The number of aliphatic carboxylic acids is 1. The van der Waals surface area contributed by atoms with Gasteiger partial charge in [-0.05, 0) is 19.3 Å². The molecule has 0 atom stereocenters. The van der Waals surface area contributed by atoms with Gasteiger partial charge in [0.2, 0.25) is 4.96 Å². The lowest BCUT2D eigenvalue weighted by molar-refractivity contribution is -0.137. The summed E-state index contributed by atoms with van der Waals surface area (Å²) < 4.78 is 7.18. The molecule has 1 fully saturated rings. The number of carbonyl (C=O) groups is 1. The van der Waals surface area contributed by atoms with Crippen LogP contribution in [0.2, 0.25) is 0 Å². The van der Waals surface area contributed by atoms with Crippen LogP contribution in [0.15, 0.2) is 0 Å². The maximum absolute atomic E-state index is 10.5. The summed E-state index contributed by atoms with van der Waals surface area (Å²) >= 11 is 1.49. The van der Waals surface area contributed by atoms with E-state index >= 15 is 0 Å². The Balaban J connectivity index is 1.74. The van der Waals surface area contributed by atoms with Crippen molar-refractivity contribution < 1.29 is 14.6 Å². The fourth-order valence-corrected chi connectivity index (χ4v) is 3.26. The molecule has 3 heterocycles. The smallest absolute Gasteiger partial charge is 0.303 e. The van der Waals surface area contributed by atoms with Crippen molar-refractivity contribution in [3.8, 4) is 0 Å². The van der Waals surface area contributed by atoms with E-state index < -0.39 is 5.97 Å². The summed E-state index contributed by atoms with van der Waals surface area (Å²) in [5.74, 6) is 0.493. The topological polar surface area (TPSA) is 89.6 Å². The Bertz CT molecular complexity index is 603. The van der Waals surface area contributed by atoms with E-state index in [2.05, 4.69) is 15.3 Å². The summed E-state index contributed by atoms with van der Waals surface area (Å²) in [6.45, 7) is 1.52. The molecular formula is C12H16N4O3S. The number of aryl methyl sites for hydroxylation is 1. The first-order chi connectivity index (χ1) is 9.74. The Morgan fingerprint density at radius 2 is 2.20 bits per heavy atom. The van der Waals surface area contributed by atoms with Crippen molar-refractivity contribution in [3.05, 3.63) is 10.8 Å². The Morgan fingerprint density at radius 3 is 2.95 bits per heavy atom. The average molecular weight is 296 g/mol. The zero-order valence-corrected chi connectivity index (χ0v) is 11.8. The maximum Gasteiger partial charge on any atom is 0.303 e. The molecule has 1 N–H and O–H groups in total. The maximum atomic E-state index is 10.5. The third kappa shape index (κ3) is 2.80. The molecule has 3 rings (SSSR count). The summed E-state index contributed by atoms with van der Waals surface area (Å²) in [7, 11) is 0. The first-order valence-corrected chi connectivity index (χ1v) is 7.56. The highest BCUT2D eigenvalue weighted by molar-refractivity contribution is 7.16. The lowest BCUT2D eigenvalue weighted by Crippen LogP contribution is -2.16. The SMILES string of the molecule is O=C(O)CCCc1nn2c(C3CCOCC3)nnc2s1. The fraction of sp³-hybridized carbons (Fsp3) is 0.667. The third-order valence-corrected chi connectivity index (χ3v) is 4.38. The number of ether oxygens (including phenoxy) is 1. The summed E-state index contributed by atoms with van der Waals surface area (Å²) in [4.78, 5) is 11.3. The predicted molar refractivity (Wildman–Crippen MR) is 72.0 cm³/mol. The van der Waals surface area contributed by atoms with E-state index in [1.807, 2.05) is 4.52 Å². The molecule has 20 heavy (non-hydrogen) atoms. The molecule has 1 aliphatic rings. The van der Waals surface area contributed by atoms with Gasteiger partial charge in [-0.15, -0.1) is 10.2 Å². The molecule has 108 valence electrons. The van der Waals surface area contributed by atoms with Gasteiger partial charge < -0.3 is 9.84 Å². The highest BCUT2D eigenvalue weighted by Crippen LogP contribution is 2.27. The molecule has 0 bridgehead atoms. The predicted octanol–water partition coefficient (Wildman–Crippen LogP) is 1.49. The number of hydrogen-bond donors (Lipinski definition) is 1. The van der Waals surface area contributed by atoms with Crippen LogP contribution in [0.4, 0.5) is 0 Å². The van der Waals surface area contributed by atoms with Gasteiger partial charge in [0, 0.05) is 32.0 Å². The van der Waals surface area contributed by atoms with Gasteiger partial charge in [-0.25, -0.2) is 0 Å². The first kappa shape index (κ1) is 13.4. The van der Waals surface area contributed by atoms with Gasteiger partial charge in [-0.2, -0.15) is 9.61 Å². The number of rotatable bonds is 5. The molecule has 0 radical (unpaired) electrons. The summed E-state index contributed by atoms with van der Waals surface area (Å²) in [5, 5.41) is 22.5. The van der Waals surface area contributed by atoms with Gasteiger partial charge >= 0.3 is 5.97 Å². The van der Waals surface area contributed by atoms with Crippen molar-refractivity contribution in [2.24, 2.45) is 0 Å². The Labute approximate surface area is 119 Å². The number of hydrogen-bond acceptors (Lipinski definition) is 6. The van der Waals surface area contributed by atoms with E-state index in [9.17, 15) is 4.79 Å². The van der Waals surface area contributed by atoms with Crippen LogP contribution in [0.5, 0.6) is 0 Å². The van der Waals surface area contributed by atoms with Crippen molar-refractivity contribution in [3.63, 3.8) is 0 Å². The standard InChI is InChI=1S/C12H16N4O3S/c17-10(18)3-1-2-9-15-16-11(13-14-12(16)20-9)8-4-6-19-7-5-8/h8H,1-7H2,(H,17,18). The summed E-state index contributed by atoms with van der Waals surface area (Å²) in [6.07, 6.45) is 3.35. The van der Waals surface area contributed by atoms with Gasteiger partial charge in [0.25, 0.3) is 0 Å². The molecule has 8 heteroatoms. The van der Waals surface area contributed by atoms with Gasteiger partial charge in [-0.3, -0.25) is 4.79 Å². The molecule has 2 aromatic rings. The molecule has 7 nitrogen and oxygen atoms in total. The Kier molecular flexibility index (Phi) is 3.93. The van der Waals surface area contributed by atoms with Crippen molar-refractivity contribution in [1.82, 2.24) is 19.8 Å². The van der Waals surface area contributed by atoms with Crippen LogP contribution in [0, 0.1) is 0 Å². The van der Waals surface area contributed by atoms with Crippen molar-refractivity contribution in [1.29, 1.82) is 0 Å². The third-order valence-electron chi connectivity index (χ3n) is 3.42. The largest absolute Gasteiger partial charge is 0.481 e. The van der Waals surface area contributed by atoms with E-state index in [1.165, 1.54) is 11.3 Å². The Morgan fingerprint density at radius 1 is 1.40 bits per heavy atom. The molecule has 0 aromatic carbocycles. The van der Waals surface area contributed by atoms with Gasteiger partial charge in [0.05, 0.1) is 0 Å². The molecular weight excluding hydrogens is 280 g/mol. The second-order valence-electron chi connectivity index (χ2n) is 4.88. The van der Waals surface area contributed by atoms with Crippen LogP contribution in [-0.4, -0.2) is 44.1 Å². The minimum Gasteiger partial charge on any atom is -0.481 e. The van der Waals surface area contributed by atoms with E-state index in [0.29, 0.717) is 18.8 Å². The second kappa shape index (κ2) is 5.84. The first-order valence-electron chi connectivity index (χ1n) is 6.74. The molecule has 0 aliphatic carbocycles. The molecule has 0 spiro atoms. The second-order valence-corrected chi connectivity index (χ2v) is 5.92. The molecule has 0 unspecified atom stereocenters. The van der Waals surface area contributed by atoms with Crippen LogP contribution in [0.1, 0.15) is 42.4 Å². The van der Waals surface area contributed by atoms with Gasteiger partial charge in [-0.1, -0.05) is 11.3 Å². The van der Waals surface area contributed by atoms with Crippen LogP contribution in [-0.2, 0) is 16.0 Å². The van der Waals surface area contributed by atoms with E-state index in [0.717, 1.165) is 41.8 Å². The van der Waals surface area contributed by atoms with Crippen LogP contribution in [0.25, 0.3) is 4.96 Å². The molecule has 1 saturated heterocycles. The van der Waals surface area contributed by atoms with Crippen LogP contribution >= 0.6 is 11.3 Å². The zero-order valence-electron chi connectivity index (χ0n) is 11.0. The molecule has 2 aromatic heterocycles. The monoisotopic (exact) mass is 296 g/mol. The van der Waals surface area contributed by atoms with Crippen LogP contribution < -0.4 is 0 Å². The van der Waals surface area contributed by atoms with Crippen molar-refractivity contribution in [2.75, 3.05) is 13.2 Å². The van der Waals surface area contributed by atoms with Crippen LogP contribution in [0.3, 0.4) is 0 Å². The van der Waals surface area contributed by atoms with Gasteiger partial charge in [0.1, 0.15) is 5.01 Å². The Hall–Kier alpha value is -1.54. The van der Waals surface area contributed by atoms with E-state index in [-0.39, 0.29) is 6.42 Å². The van der Waals surface area contributed by atoms with Gasteiger partial charge in [0.15, 0.2) is 5.82 Å². The van der Waals surface area contributed by atoms with E-state index in [4.69, 9.17) is 9.84 Å². The lowest BCUT2D eigenvalue weighted by Gasteiger charge is -2.19.